The van der Waals surface area contributed by atoms with Gasteiger partial charge in [0.25, 0.3) is 0 Å². The lowest BCUT2D eigenvalue weighted by atomic mass is 10.1. The lowest BCUT2D eigenvalue weighted by Gasteiger charge is -2.06. The standard InChI is InChI=1S/C24H17ClN4O3/c1-14-12-18(30)22(31)23(32-14)21-20(15-6-3-2-4-7-15)27-24(28-21)17-8-5-11-29(17)19-10-9-16(25)13-26-19/h2-13,31H,1H3,(H,27,28). The Kier molecular flexibility index (Phi) is 4.88. The zero-order valence-electron chi connectivity index (χ0n) is 16.9. The van der Waals surface area contributed by atoms with Crippen LogP contribution in [0.1, 0.15) is 5.76 Å². The van der Waals surface area contributed by atoms with E-state index < -0.39 is 11.2 Å². The van der Waals surface area contributed by atoms with Gasteiger partial charge in [-0.3, -0.25) is 9.36 Å². The topological polar surface area (TPSA) is 96.9 Å². The van der Waals surface area contributed by atoms with Gasteiger partial charge in [-0.05, 0) is 31.2 Å². The van der Waals surface area contributed by atoms with E-state index in [2.05, 4.69) is 9.97 Å². The smallest absolute Gasteiger partial charge is 0.227 e. The maximum Gasteiger partial charge on any atom is 0.227 e. The van der Waals surface area contributed by atoms with Crippen LogP contribution in [0.2, 0.25) is 5.02 Å². The minimum absolute atomic E-state index is 0.0373. The van der Waals surface area contributed by atoms with E-state index in [1.54, 1.807) is 25.3 Å². The average Bonchev–Trinajstić information content (AvgIpc) is 3.45. The first kappa shape index (κ1) is 19.8. The zero-order valence-corrected chi connectivity index (χ0v) is 17.7. The maximum atomic E-state index is 12.2. The Morgan fingerprint density at radius 2 is 1.91 bits per heavy atom. The fraction of sp³-hybridized carbons (Fsp3) is 0.0417. The van der Waals surface area contributed by atoms with E-state index in [4.69, 9.17) is 21.0 Å². The monoisotopic (exact) mass is 444 g/mol. The Bertz CT molecular complexity index is 1470. The third kappa shape index (κ3) is 3.48. The van der Waals surface area contributed by atoms with Crippen LogP contribution in [-0.4, -0.2) is 24.6 Å². The van der Waals surface area contributed by atoms with Crippen molar-refractivity contribution >= 4 is 11.6 Å². The van der Waals surface area contributed by atoms with Crippen LogP contribution < -0.4 is 5.43 Å². The Balaban J connectivity index is 1.73. The molecule has 0 bridgehead atoms. The van der Waals surface area contributed by atoms with Crippen LogP contribution in [-0.2, 0) is 0 Å². The largest absolute Gasteiger partial charge is 0.501 e. The van der Waals surface area contributed by atoms with Gasteiger partial charge in [0.2, 0.25) is 11.2 Å². The molecule has 0 radical (unpaired) electrons. The van der Waals surface area contributed by atoms with Crippen LogP contribution >= 0.6 is 11.6 Å². The second-order valence-corrected chi connectivity index (χ2v) is 7.61. The second kappa shape index (κ2) is 7.86. The molecule has 0 aliphatic rings. The summed E-state index contributed by atoms with van der Waals surface area (Å²) in [5.41, 5.74) is 1.96. The molecule has 2 N–H and O–H groups in total. The number of aryl methyl sites for hydroxylation is 1. The molecule has 0 fully saturated rings. The molecule has 0 saturated carbocycles. The van der Waals surface area contributed by atoms with Gasteiger partial charge in [-0.25, -0.2) is 9.97 Å². The van der Waals surface area contributed by atoms with Crippen LogP contribution in [0.15, 0.2) is 82.3 Å². The number of imidazole rings is 1. The van der Waals surface area contributed by atoms with E-state index in [-0.39, 0.29) is 5.76 Å². The minimum atomic E-state index is -0.521. The van der Waals surface area contributed by atoms with Crippen molar-refractivity contribution in [1.82, 2.24) is 19.5 Å². The van der Waals surface area contributed by atoms with Gasteiger partial charge in [0.1, 0.15) is 23.0 Å². The van der Waals surface area contributed by atoms with E-state index in [0.29, 0.717) is 33.8 Å². The first-order chi connectivity index (χ1) is 15.5. The van der Waals surface area contributed by atoms with Gasteiger partial charge in [-0.15, -0.1) is 0 Å². The molecule has 5 aromatic rings. The van der Waals surface area contributed by atoms with Gasteiger partial charge in [0.05, 0.1) is 10.7 Å². The molecule has 4 aromatic heterocycles. The molecular weight excluding hydrogens is 428 g/mol. The van der Waals surface area contributed by atoms with Crippen LogP contribution in [0.4, 0.5) is 0 Å². The molecule has 0 aliphatic carbocycles. The van der Waals surface area contributed by atoms with Crippen molar-refractivity contribution in [2.45, 2.75) is 6.92 Å². The van der Waals surface area contributed by atoms with Crippen molar-refractivity contribution in [2.75, 3.05) is 0 Å². The molecule has 4 heterocycles. The predicted octanol–water partition coefficient (Wildman–Crippen LogP) is 5.22. The highest BCUT2D eigenvalue weighted by molar-refractivity contribution is 6.30. The third-order valence-electron chi connectivity index (χ3n) is 4.97. The van der Waals surface area contributed by atoms with E-state index in [0.717, 1.165) is 11.3 Å². The summed E-state index contributed by atoms with van der Waals surface area (Å²) < 4.78 is 7.60. The molecule has 1 aromatic carbocycles. The Morgan fingerprint density at radius 1 is 1.09 bits per heavy atom. The molecule has 158 valence electrons. The number of pyridine rings is 1. The van der Waals surface area contributed by atoms with Crippen LogP contribution in [0.5, 0.6) is 5.75 Å². The highest BCUT2D eigenvalue weighted by atomic mass is 35.5. The molecule has 0 aliphatic heterocycles. The Morgan fingerprint density at radius 3 is 2.66 bits per heavy atom. The predicted molar refractivity (Wildman–Crippen MR) is 122 cm³/mol. The highest BCUT2D eigenvalue weighted by Gasteiger charge is 2.23. The summed E-state index contributed by atoms with van der Waals surface area (Å²) in [5, 5.41) is 11.0. The summed E-state index contributed by atoms with van der Waals surface area (Å²) in [7, 11) is 0. The minimum Gasteiger partial charge on any atom is -0.501 e. The molecular formula is C24H17ClN4O3. The van der Waals surface area contributed by atoms with Gasteiger partial charge < -0.3 is 14.5 Å². The average molecular weight is 445 g/mol. The van der Waals surface area contributed by atoms with E-state index >= 15 is 0 Å². The number of halogens is 1. The molecule has 7 nitrogen and oxygen atoms in total. The number of H-pyrrole nitrogens is 1. The van der Waals surface area contributed by atoms with E-state index in [1.807, 2.05) is 53.2 Å². The molecule has 0 amide bonds. The van der Waals surface area contributed by atoms with Gasteiger partial charge in [0, 0.05) is 24.0 Å². The Labute approximate surface area is 187 Å². The summed E-state index contributed by atoms with van der Waals surface area (Å²) in [6.07, 6.45) is 3.43. The number of rotatable bonds is 4. The zero-order chi connectivity index (χ0) is 22.2. The van der Waals surface area contributed by atoms with Crippen LogP contribution in [0, 0.1) is 6.92 Å². The molecule has 0 atom stereocenters. The van der Waals surface area contributed by atoms with E-state index in [9.17, 15) is 9.90 Å². The van der Waals surface area contributed by atoms with Crippen molar-refractivity contribution in [3.8, 4) is 45.8 Å². The Hall–Kier alpha value is -4.10. The summed E-state index contributed by atoms with van der Waals surface area (Å²) >= 11 is 5.98. The number of benzene rings is 1. The first-order valence-electron chi connectivity index (χ1n) is 9.80. The van der Waals surface area contributed by atoms with Gasteiger partial charge in [-0.1, -0.05) is 41.9 Å². The van der Waals surface area contributed by atoms with Gasteiger partial charge >= 0.3 is 0 Å². The van der Waals surface area contributed by atoms with Gasteiger partial charge in [-0.2, -0.15) is 0 Å². The second-order valence-electron chi connectivity index (χ2n) is 7.17. The number of hydrogen-bond donors (Lipinski definition) is 2. The molecule has 32 heavy (non-hydrogen) atoms. The summed E-state index contributed by atoms with van der Waals surface area (Å²) in [5.74, 6) is 1.13. The van der Waals surface area contributed by atoms with Crippen molar-refractivity contribution in [2.24, 2.45) is 0 Å². The number of nitrogens with one attached hydrogen (secondary N) is 1. The van der Waals surface area contributed by atoms with E-state index in [1.165, 1.54) is 6.07 Å². The lowest BCUT2D eigenvalue weighted by Crippen LogP contribution is -2.01. The summed E-state index contributed by atoms with van der Waals surface area (Å²) in [4.78, 5) is 24.6. The highest BCUT2D eigenvalue weighted by Crippen LogP contribution is 2.36. The third-order valence-corrected chi connectivity index (χ3v) is 5.20. The van der Waals surface area contributed by atoms with Crippen molar-refractivity contribution in [3.63, 3.8) is 0 Å². The number of hydrogen-bond acceptors (Lipinski definition) is 5. The fourth-order valence-corrected chi connectivity index (χ4v) is 3.63. The van der Waals surface area contributed by atoms with Crippen molar-refractivity contribution < 1.29 is 9.52 Å². The molecule has 0 unspecified atom stereocenters. The number of aromatic hydroxyl groups is 1. The van der Waals surface area contributed by atoms with Gasteiger partial charge in [0.15, 0.2) is 11.6 Å². The van der Waals surface area contributed by atoms with Crippen molar-refractivity contribution in [1.29, 1.82) is 0 Å². The molecule has 5 rings (SSSR count). The lowest BCUT2D eigenvalue weighted by molar-refractivity contribution is 0.429. The fourth-order valence-electron chi connectivity index (χ4n) is 3.52. The first-order valence-corrected chi connectivity index (χ1v) is 10.2. The maximum absolute atomic E-state index is 12.2. The van der Waals surface area contributed by atoms with Crippen molar-refractivity contribution in [3.05, 3.63) is 94.1 Å². The molecule has 8 heteroatoms. The number of aromatic amines is 1. The summed E-state index contributed by atoms with van der Waals surface area (Å²) in [6, 6.07) is 18.0. The molecule has 0 spiro atoms. The number of aromatic nitrogens is 4. The summed E-state index contributed by atoms with van der Waals surface area (Å²) in [6.45, 7) is 1.65. The normalized spacial score (nSPS) is 11.1. The number of nitrogens with zero attached hydrogens (tertiary/aromatic N) is 3. The quantitative estimate of drug-likeness (QED) is 0.396. The SMILES string of the molecule is Cc1cc(=O)c(O)c(-c2[nH]c(-c3cccn3-c3ccc(Cl)cn3)nc2-c2ccccc2)o1. The molecule has 0 saturated heterocycles. The van der Waals surface area contributed by atoms with Crippen LogP contribution in [0.3, 0.4) is 0 Å². The van der Waals surface area contributed by atoms with Crippen LogP contribution in [0.25, 0.3) is 40.0 Å².